The highest BCUT2D eigenvalue weighted by atomic mass is 16.5. The molecule has 0 bridgehead atoms. The standard InChI is InChI=1S/C16H16N2O/c1-19-12-10-14-16(13-7-3-2-4-8-13)17-15-9-5-6-11-18(14)15/h2-9,11H,10,12H2,1H3. The first-order valence-electron chi connectivity index (χ1n) is 6.40. The first-order chi connectivity index (χ1) is 9.40. The van der Waals surface area contributed by atoms with E-state index in [0.29, 0.717) is 6.61 Å². The molecular formula is C16H16N2O. The lowest BCUT2D eigenvalue weighted by Crippen LogP contribution is -2.00. The van der Waals surface area contributed by atoms with E-state index in [4.69, 9.17) is 9.72 Å². The first kappa shape index (κ1) is 11.9. The van der Waals surface area contributed by atoms with Crippen LogP contribution < -0.4 is 0 Å². The lowest BCUT2D eigenvalue weighted by Gasteiger charge is -2.04. The summed E-state index contributed by atoms with van der Waals surface area (Å²) in [4.78, 5) is 4.74. The van der Waals surface area contributed by atoms with Crippen molar-refractivity contribution in [3.63, 3.8) is 0 Å². The second kappa shape index (κ2) is 5.24. The Hall–Kier alpha value is -2.13. The Labute approximate surface area is 112 Å². The fourth-order valence-corrected chi connectivity index (χ4v) is 2.31. The maximum atomic E-state index is 5.21. The molecule has 3 rings (SSSR count). The Balaban J connectivity index is 2.17. The number of methoxy groups -OCH3 is 1. The number of rotatable bonds is 4. The first-order valence-corrected chi connectivity index (χ1v) is 6.40. The summed E-state index contributed by atoms with van der Waals surface area (Å²) in [6.07, 6.45) is 2.91. The number of ether oxygens (including phenoxy) is 1. The van der Waals surface area contributed by atoms with Crippen LogP contribution in [-0.4, -0.2) is 23.1 Å². The van der Waals surface area contributed by atoms with Crippen molar-refractivity contribution in [2.24, 2.45) is 0 Å². The zero-order chi connectivity index (χ0) is 13.1. The van der Waals surface area contributed by atoms with E-state index < -0.39 is 0 Å². The molecule has 0 aliphatic carbocycles. The molecule has 0 unspecified atom stereocenters. The van der Waals surface area contributed by atoms with Crippen LogP contribution in [0.4, 0.5) is 0 Å². The fraction of sp³-hybridized carbons (Fsp3) is 0.188. The Kier molecular flexibility index (Phi) is 3.29. The van der Waals surface area contributed by atoms with E-state index in [1.807, 2.05) is 36.4 Å². The third-order valence-electron chi connectivity index (χ3n) is 3.22. The maximum absolute atomic E-state index is 5.21. The third-order valence-corrected chi connectivity index (χ3v) is 3.22. The SMILES string of the molecule is COCCc1c(-c2ccccc2)nc2ccccn12. The van der Waals surface area contributed by atoms with Crippen LogP contribution in [0.15, 0.2) is 54.7 Å². The molecule has 0 aliphatic heterocycles. The van der Waals surface area contributed by atoms with E-state index in [1.54, 1.807) is 7.11 Å². The van der Waals surface area contributed by atoms with Crippen molar-refractivity contribution in [2.45, 2.75) is 6.42 Å². The zero-order valence-electron chi connectivity index (χ0n) is 10.9. The molecule has 0 spiro atoms. The maximum Gasteiger partial charge on any atom is 0.137 e. The quantitative estimate of drug-likeness (QED) is 0.713. The average molecular weight is 252 g/mol. The van der Waals surface area contributed by atoms with Gasteiger partial charge in [0.15, 0.2) is 0 Å². The molecular weight excluding hydrogens is 236 g/mol. The van der Waals surface area contributed by atoms with E-state index in [9.17, 15) is 0 Å². The number of hydrogen-bond acceptors (Lipinski definition) is 2. The van der Waals surface area contributed by atoms with Crippen molar-refractivity contribution in [3.05, 3.63) is 60.4 Å². The second-order valence-corrected chi connectivity index (χ2v) is 4.44. The molecule has 0 atom stereocenters. The van der Waals surface area contributed by atoms with Crippen molar-refractivity contribution < 1.29 is 4.74 Å². The van der Waals surface area contributed by atoms with Crippen LogP contribution in [0.1, 0.15) is 5.69 Å². The largest absolute Gasteiger partial charge is 0.384 e. The summed E-state index contributed by atoms with van der Waals surface area (Å²) in [7, 11) is 1.73. The smallest absolute Gasteiger partial charge is 0.137 e. The molecule has 0 saturated carbocycles. The van der Waals surface area contributed by atoms with Gasteiger partial charge in [0.25, 0.3) is 0 Å². The van der Waals surface area contributed by atoms with Crippen LogP contribution in [0.5, 0.6) is 0 Å². The van der Waals surface area contributed by atoms with Gasteiger partial charge in [-0.25, -0.2) is 4.98 Å². The molecule has 0 N–H and O–H groups in total. The predicted molar refractivity (Wildman–Crippen MR) is 76.2 cm³/mol. The minimum absolute atomic E-state index is 0.697. The number of hydrogen-bond donors (Lipinski definition) is 0. The van der Waals surface area contributed by atoms with Crippen molar-refractivity contribution >= 4 is 5.65 Å². The summed E-state index contributed by atoms with van der Waals surface area (Å²) >= 11 is 0. The van der Waals surface area contributed by atoms with Crippen LogP contribution in [0, 0.1) is 0 Å². The Morgan fingerprint density at radius 2 is 1.84 bits per heavy atom. The van der Waals surface area contributed by atoms with E-state index in [1.165, 1.54) is 5.69 Å². The van der Waals surface area contributed by atoms with E-state index in [2.05, 4.69) is 22.7 Å². The lowest BCUT2D eigenvalue weighted by atomic mass is 10.1. The number of imidazole rings is 1. The molecule has 2 aromatic heterocycles. The van der Waals surface area contributed by atoms with E-state index >= 15 is 0 Å². The van der Waals surface area contributed by atoms with Crippen LogP contribution in [0.3, 0.4) is 0 Å². The lowest BCUT2D eigenvalue weighted by molar-refractivity contribution is 0.201. The molecule has 3 nitrogen and oxygen atoms in total. The predicted octanol–water partition coefficient (Wildman–Crippen LogP) is 3.19. The van der Waals surface area contributed by atoms with Crippen molar-refractivity contribution in [3.8, 4) is 11.3 Å². The molecule has 0 amide bonds. The van der Waals surface area contributed by atoms with Crippen molar-refractivity contribution in [2.75, 3.05) is 13.7 Å². The number of aromatic nitrogens is 2. The van der Waals surface area contributed by atoms with Crippen LogP contribution in [0.25, 0.3) is 16.9 Å². The number of fused-ring (bicyclic) bond motifs is 1. The average Bonchev–Trinajstić information content (AvgIpc) is 2.85. The number of benzene rings is 1. The highest BCUT2D eigenvalue weighted by Crippen LogP contribution is 2.24. The Morgan fingerprint density at radius 1 is 1.05 bits per heavy atom. The summed E-state index contributed by atoms with van der Waals surface area (Å²) in [5.74, 6) is 0. The van der Waals surface area contributed by atoms with Crippen LogP contribution in [-0.2, 0) is 11.2 Å². The van der Waals surface area contributed by atoms with Crippen molar-refractivity contribution in [1.82, 2.24) is 9.38 Å². The molecule has 3 heteroatoms. The highest BCUT2D eigenvalue weighted by Gasteiger charge is 2.12. The molecule has 0 fully saturated rings. The van der Waals surface area contributed by atoms with Gasteiger partial charge in [-0.05, 0) is 12.1 Å². The summed E-state index contributed by atoms with van der Waals surface area (Å²) in [5.41, 5.74) is 4.37. The van der Waals surface area contributed by atoms with Gasteiger partial charge in [-0.1, -0.05) is 36.4 Å². The molecule has 2 heterocycles. The van der Waals surface area contributed by atoms with Gasteiger partial charge < -0.3 is 9.14 Å². The van der Waals surface area contributed by atoms with Gasteiger partial charge in [0, 0.05) is 25.3 Å². The Bertz CT molecular complexity index is 674. The number of pyridine rings is 1. The molecule has 0 aliphatic rings. The molecule has 3 aromatic rings. The molecule has 19 heavy (non-hydrogen) atoms. The van der Waals surface area contributed by atoms with Gasteiger partial charge >= 0.3 is 0 Å². The zero-order valence-corrected chi connectivity index (χ0v) is 10.9. The summed E-state index contributed by atoms with van der Waals surface area (Å²) < 4.78 is 7.35. The van der Waals surface area contributed by atoms with Gasteiger partial charge in [0.05, 0.1) is 18.0 Å². The fourth-order valence-electron chi connectivity index (χ4n) is 2.31. The van der Waals surface area contributed by atoms with Gasteiger partial charge in [0.1, 0.15) is 5.65 Å². The van der Waals surface area contributed by atoms with Gasteiger partial charge in [-0.2, -0.15) is 0 Å². The summed E-state index contributed by atoms with van der Waals surface area (Å²) in [6.45, 7) is 0.697. The summed E-state index contributed by atoms with van der Waals surface area (Å²) in [6, 6.07) is 16.4. The topological polar surface area (TPSA) is 26.5 Å². The van der Waals surface area contributed by atoms with Crippen LogP contribution in [0.2, 0.25) is 0 Å². The van der Waals surface area contributed by atoms with E-state index in [0.717, 1.165) is 23.3 Å². The highest BCUT2D eigenvalue weighted by molar-refractivity contribution is 5.66. The monoisotopic (exact) mass is 252 g/mol. The second-order valence-electron chi connectivity index (χ2n) is 4.44. The normalized spacial score (nSPS) is 11.0. The van der Waals surface area contributed by atoms with Gasteiger partial charge in [0.2, 0.25) is 0 Å². The van der Waals surface area contributed by atoms with Crippen molar-refractivity contribution in [1.29, 1.82) is 0 Å². The number of nitrogens with zero attached hydrogens (tertiary/aromatic N) is 2. The van der Waals surface area contributed by atoms with Crippen LogP contribution >= 0.6 is 0 Å². The van der Waals surface area contributed by atoms with Gasteiger partial charge in [-0.15, -0.1) is 0 Å². The summed E-state index contributed by atoms with van der Waals surface area (Å²) in [5, 5.41) is 0. The Morgan fingerprint density at radius 3 is 2.63 bits per heavy atom. The third kappa shape index (κ3) is 2.25. The van der Waals surface area contributed by atoms with E-state index in [-0.39, 0.29) is 0 Å². The molecule has 0 saturated heterocycles. The molecule has 1 aromatic carbocycles. The minimum atomic E-state index is 0.697. The molecule has 0 radical (unpaired) electrons. The molecule has 96 valence electrons. The minimum Gasteiger partial charge on any atom is -0.384 e. The van der Waals surface area contributed by atoms with Gasteiger partial charge in [-0.3, -0.25) is 0 Å².